The van der Waals surface area contributed by atoms with Crippen LogP contribution in [0.4, 0.5) is 23.4 Å². The van der Waals surface area contributed by atoms with Gasteiger partial charge in [0.15, 0.2) is 5.82 Å². The number of hydrogen-bond acceptors (Lipinski definition) is 8. The van der Waals surface area contributed by atoms with Gasteiger partial charge in [0, 0.05) is 24.5 Å². The highest BCUT2D eigenvalue weighted by molar-refractivity contribution is 7.19. The molecule has 0 bridgehead atoms. The molecule has 0 atom stereocenters. The van der Waals surface area contributed by atoms with Crippen molar-refractivity contribution >= 4 is 28.1 Å². The van der Waals surface area contributed by atoms with E-state index in [9.17, 15) is 22.4 Å². The van der Waals surface area contributed by atoms with Gasteiger partial charge in [0.2, 0.25) is 0 Å². The number of rotatable bonds is 7. The molecule has 0 amide bonds. The lowest BCUT2D eigenvalue weighted by molar-refractivity contribution is -0.136. The summed E-state index contributed by atoms with van der Waals surface area (Å²) in [6.45, 7) is 2.53. The maximum Gasteiger partial charge on any atom is 0.439 e. The predicted octanol–water partition coefficient (Wildman–Crippen LogP) is 5.09. The summed E-state index contributed by atoms with van der Waals surface area (Å²) in [6.07, 6.45) is -3.47. The van der Waals surface area contributed by atoms with Crippen LogP contribution in [0, 0.1) is 12.7 Å². The molecule has 1 aromatic carbocycles. The third-order valence-corrected chi connectivity index (χ3v) is 6.86. The van der Waals surface area contributed by atoms with E-state index in [0.29, 0.717) is 35.6 Å². The third kappa shape index (κ3) is 4.55. The van der Waals surface area contributed by atoms with Crippen molar-refractivity contribution in [1.82, 2.24) is 24.7 Å². The van der Waals surface area contributed by atoms with E-state index in [-0.39, 0.29) is 27.1 Å². The highest BCUT2D eigenvalue weighted by atomic mass is 32.1. The van der Waals surface area contributed by atoms with E-state index < -0.39 is 17.5 Å². The highest BCUT2D eigenvalue weighted by Crippen LogP contribution is 2.44. The van der Waals surface area contributed by atoms with Crippen molar-refractivity contribution in [3.05, 3.63) is 64.3 Å². The van der Waals surface area contributed by atoms with E-state index >= 15 is 0 Å². The van der Waals surface area contributed by atoms with Gasteiger partial charge in [-0.25, -0.2) is 19.2 Å². The Labute approximate surface area is 209 Å². The highest BCUT2D eigenvalue weighted by Gasteiger charge is 2.37. The molecule has 5 rings (SSSR count). The van der Waals surface area contributed by atoms with Gasteiger partial charge in [-0.05, 0) is 25.1 Å². The van der Waals surface area contributed by atoms with Crippen molar-refractivity contribution < 1.29 is 26.8 Å². The summed E-state index contributed by atoms with van der Waals surface area (Å²) in [7, 11) is 1.53. The molecule has 0 spiro atoms. The van der Waals surface area contributed by atoms with Crippen LogP contribution in [0.1, 0.15) is 11.3 Å². The minimum absolute atomic E-state index is 0.190. The molecule has 0 saturated carbocycles. The second-order valence-corrected chi connectivity index (χ2v) is 8.97. The van der Waals surface area contributed by atoms with Crippen LogP contribution < -0.4 is 15.8 Å². The first kappa shape index (κ1) is 24.5. The fraction of sp³-hybridized carbons (Fsp3) is 0.217. The van der Waals surface area contributed by atoms with E-state index in [2.05, 4.69) is 29.9 Å². The fourth-order valence-electron chi connectivity index (χ4n) is 4.11. The van der Waals surface area contributed by atoms with Crippen LogP contribution in [-0.4, -0.2) is 38.3 Å². The number of anilines is 1. The number of aromatic nitrogens is 5. The monoisotopic (exact) mass is 534 g/mol. The smallest absolute Gasteiger partial charge is 0.439 e. The van der Waals surface area contributed by atoms with Crippen LogP contribution in [0.3, 0.4) is 0 Å². The molecule has 9 nitrogen and oxygen atoms in total. The van der Waals surface area contributed by atoms with Gasteiger partial charge in [-0.1, -0.05) is 11.2 Å². The van der Waals surface area contributed by atoms with Gasteiger partial charge >= 0.3 is 11.9 Å². The number of fused-ring (bicyclic) bond motifs is 1. The summed E-state index contributed by atoms with van der Waals surface area (Å²) in [5.74, 6) is -0.713. The molecule has 0 unspecified atom stereocenters. The molecular weight excluding hydrogens is 516 g/mol. The van der Waals surface area contributed by atoms with Crippen molar-refractivity contribution in [2.45, 2.75) is 19.6 Å². The maximum absolute atomic E-state index is 14.6. The molecule has 4 heterocycles. The van der Waals surface area contributed by atoms with Crippen LogP contribution in [0.25, 0.3) is 32.2 Å². The van der Waals surface area contributed by atoms with Crippen LogP contribution in [-0.2, 0) is 12.7 Å². The molecule has 192 valence electrons. The quantitative estimate of drug-likeness (QED) is 0.280. The number of H-pyrrole nitrogens is 1. The number of hydrogen-bond donors (Lipinski definition) is 2. The number of methoxy groups -OCH3 is 1. The minimum Gasteiger partial charge on any atom is -0.494 e. The van der Waals surface area contributed by atoms with Gasteiger partial charge < -0.3 is 14.6 Å². The number of alkyl halides is 3. The van der Waals surface area contributed by atoms with Gasteiger partial charge in [-0.15, -0.1) is 11.3 Å². The lowest BCUT2D eigenvalue weighted by Crippen LogP contribution is -2.13. The summed E-state index contributed by atoms with van der Waals surface area (Å²) < 4.78 is 67.1. The number of aromatic amines is 1. The molecule has 0 fully saturated rings. The lowest BCUT2D eigenvalue weighted by Gasteiger charge is -2.11. The van der Waals surface area contributed by atoms with Crippen molar-refractivity contribution in [2.24, 2.45) is 0 Å². The van der Waals surface area contributed by atoms with Gasteiger partial charge in [-0.3, -0.25) is 9.51 Å². The van der Waals surface area contributed by atoms with E-state index in [1.807, 2.05) is 6.92 Å². The molecule has 2 N–H and O–H groups in total. The molecule has 0 radical (unpaired) electrons. The van der Waals surface area contributed by atoms with Crippen LogP contribution in [0.5, 0.6) is 5.75 Å². The average Bonchev–Trinajstić information content (AvgIpc) is 3.56. The molecule has 37 heavy (non-hydrogen) atoms. The largest absolute Gasteiger partial charge is 0.494 e. The molecular formula is C23H18F4N6O3S. The second kappa shape index (κ2) is 9.35. The molecule has 0 aliphatic rings. The van der Waals surface area contributed by atoms with Gasteiger partial charge in [0.1, 0.15) is 23.7 Å². The maximum atomic E-state index is 14.6. The first-order valence-electron chi connectivity index (χ1n) is 10.8. The van der Waals surface area contributed by atoms with Gasteiger partial charge in [0.05, 0.1) is 39.3 Å². The summed E-state index contributed by atoms with van der Waals surface area (Å²) in [5, 5.41) is 7.14. The Morgan fingerprint density at radius 1 is 1.24 bits per heavy atom. The van der Waals surface area contributed by atoms with E-state index in [1.54, 1.807) is 16.7 Å². The predicted molar refractivity (Wildman–Crippen MR) is 128 cm³/mol. The average molecular weight is 534 g/mol. The number of nitrogens with one attached hydrogen (secondary N) is 2. The summed E-state index contributed by atoms with van der Waals surface area (Å²) in [5.41, 5.74) is 0.430. The van der Waals surface area contributed by atoms with E-state index in [4.69, 9.17) is 4.74 Å². The zero-order chi connectivity index (χ0) is 26.3. The molecule has 14 heteroatoms. The van der Waals surface area contributed by atoms with E-state index in [0.717, 1.165) is 23.1 Å². The second-order valence-electron chi connectivity index (χ2n) is 7.92. The Kier molecular flexibility index (Phi) is 6.19. The number of halogens is 4. The van der Waals surface area contributed by atoms with Gasteiger partial charge in [0.25, 0.3) is 0 Å². The first-order chi connectivity index (χ1) is 17.7. The third-order valence-electron chi connectivity index (χ3n) is 5.69. The van der Waals surface area contributed by atoms with Crippen molar-refractivity contribution in [3.63, 3.8) is 0 Å². The summed E-state index contributed by atoms with van der Waals surface area (Å²) in [6, 6.07) is 7.21. The Morgan fingerprint density at radius 2 is 2.05 bits per heavy atom. The SMILES string of the molecule is COc1c(C)n(CCNc2cc(-c3cc(C(F)(F)F)c(-c4noc(=O)[nH]4)s3)ncn2)c2c(F)cccc12. The lowest BCUT2D eigenvalue weighted by atomic mass is 10.2. The number of thiophene rings is 1. The number of benzene rings is 1. The van der Waals surface area contributed by atoms with Crippen LogP contribution >= 0.6 is 11.3 Å². The molecule has 0 saturated heterocycles. The number of ether oxygens (including phenoxy) is 1. The van der Waals surface area contributed by atoms with Gasteiger partial charge in [-0.2, -0.15) is 13.2 Å². The normalized spacial score (nSPS) is 11.8. The Hall–Kier alpha value is -4.20. The Balaban J connectivity index is 1.40. The molecule has 5 aromatic rings. The standard InChI is InChI=1S/C23H18F4N6O3S/c1-11-19(35-2)12-4-3-5-14(24)18(12)33(11)7-6-28-17-9-15(29-10-30-17)16-8-13(23(25,26)27)20(37-16)21-31-22(34)36-32-21/h3-5,8-10H,6-7H2,1-2H3,(H,28,29,30)(H,31,32,34). The number of nitrogens with zero attached hydrogens (tertiary/aromatic N) is 4. The molecule has 0 aliphatic heterocycles. The van der Waals surface area contributed by atoms with E-state index in [1.165, 1.54) is 25.6 Å². The van der Waals surface area contributed by atoms with Crippen molar-refractivity contribution in [1.29, 1.82) is 0 Å². The zero-order valence-electron chi connectivity index (χ0n) is 19.3. The minimum atomic E-state index is -4.69. The number of para-hydroxylation sites is 1. The van der Waals surface area contributed by atoms with Crippen LogP contribution in [0.2, 0.25) is 0 Å². The Morgan fingerprint density at radius 3 is 2.76 bits per heavy atom. The van der Waals surface area contributed by atoms with Crippen LogP contribution in [0.15, 0.2) is 46.0 Å². The fourth-order valence-corrected chi connectivity index (χ4v) is 5.19. The Bertz CT molecular complexity index is 1650. The van der Waals surface area contributed by atoms with Crippen molar-refractivity contribution in [2.75, 3.05) is 19.0 Å². The first-order valence-corrected chi connectivity index (χ1v) is 11.6. The topological polar surface area (TPSA) is 111 Å². The molecule has 4 aromatic heterocycles. The summed E-state index contributed by atoms with van der Waals surface area (Å²) >= 11 is 0.755. The zero-order valence-corrected chi connectivity index (χ0v) is 20.1. The van der Waals surface area contributed by atoms with Crippen molar-refractivity contribution in [3.8, 4) is 27.0 Å². The molecule has 0 aliphatic carbocycles. The summed E-state index contributed by atoms with van der Waals surface area (Å²) in [4.78, 5) is 21.5.